The van der Waals surface area contributed by atoms with Gasteiger partial charge in [-0.05, 0) is 83.7 Å². The van der Waals surface area contributed by atoms with Gasteiger partial charge in [0.05, 0.1) is 30.0 Å². The van der Waals surface area contributed by atoms with Crippen LogP contribution in [0.2, 0.25) is 0 Å². The second-order valence-corrected chi connectivity index (χ2v) is 8.62. The molecule has 9 heteroatoms. The van der Waals surface area contributed by atoms with Crippen LogP contribution < -0.4 is 24.4 Å². The van der Waals surface area contributed by atoms with Crippen LogP contribution in [-0.4, -0.2) is 37.7 Å². The molecule has 186 valence electrons. The molecule has 1 aliphatic rings. The first-order valence-corrected chi connectivity index (χ1v) is 12.4. The predicted octanol–water partition coefficient (Wildman–Crippen LogP) is 5.48. The zero-order valence-electron chi connectivity index (χ0n) is 20.1. The number of hydrogen-bond acceptors (Lipinski definition) is 6. The summed E-state index contributed by atoms with van der Waals surface area (Å²) < 4.78 is 17.8. The van der Waals surface area contributed by atoms with Gasteiger partial charge >= 0.3 is 6.03 Å². The molecule has 0 radical (unpaired) electrons. The Hall–Kier alpha value is -3.33. The molecule has 0 atom stereocenters. The van der Waals surface area contributed by atoms with Crippen LogP contribution in [0, 0.1) is 0 Å². The number of rotatable bonds is 11. The lowest BCUT2D eigenvalue weighted by Gasteiger charge is -2.26. The molecule has 0 bridgehead atoms. The van der Waals surface area contributed by atoms with Crippen LogP contribution in [0.1, 0.15) is 45.6 Å². The Morgan fingerprint density at radius 2 is 1.69 bits per heavy atom. The number of anilines is 1. The second kappa shape index (κ2) is 12.4. The average Bonchev–Trinajstić information content (AvgIpc) is 2.82. The van der Waals surface area contributed by atoms with E-state index < -0.39 is 17.8 Å². The van der Waals surface area contributed by atoms with E-state index in [1.807, 2.05) is 13.8 Å². The Balaban J connectivity index is 1.90. The molecule has 2 aromatic rings. The molecule has 0 aromatic heterocycles. The number of ether oxygens (including phenoxy) is 3. The minimum atomic E-state index is -0.809. The highest BCUT2D eigenvalue weighted by Gasteiger charge is 2.37. The van der Waals surface area contributed by atoms with Crippen LogP contribution in [0.4, 0.5) is 10.5 Å². The van der Waals surface area contributed by atoms with Crippen molar-refractivity contribution in [1.82, 2.24) is 5.32 Å². The largest absolute Gasteiger partial charge is 0.494 e. The maximum absolute atomic E-state index is 13.2. The number of carbonyl (C=O) groups excluding carboxylic acids is 3. The minimum Gasteiger partial charge on any atom is -0.494 e. The van der Waals surface area contributed by atoms with Gasteiger partial charge in [-0.2, -0.15) is 0 Å². The Labute approximate surface area is 213 Å². The third kappa shape index (κ3) is 6.42. The predicted molar refractivity (Wildman–Crippen MR) is 137 cm³/mol. The highest BCUT2D eigenvalue weighted by molar-refractivity contribution is 9.10. The molecule has 2 aromatic carbocycles. The van der Waals surface area contributed by atoms with Gasteiger partial charge in [-0.3, -0.25) is 14.9 Å². The van der Waals surface area contributed by atoms with E-state index in [0.717, 1.165) is 24.2 Å². The highest BCUT2D eigenvalue weighted by Crippen LogP contribution is 2.38. The summed E-state index contributed by atoms with van der Waals surface area (Å²) in [6.45, 7) is 7.44. The summed E-state index contributed by atoms with van der Waals surface area (Å²) in [5.41, 5.74) is 0.689. The van der Waals surface area contributed by atoms with Gasteiger partial charge in [0.25, 0.3) is 11.8 Å². The van der Waals surface area contributed by atoms with Gasteiger partial charge in [-0.25, -0.2) is 9.69 Å². The van der Waals surface area contributed by atoms with E-state index in [4.69, 9.17) is 14.2 Å². The van der Waals surface area contributed by atoms with E-state index in [2.05, 4.69) is 28.2 Å². The fraction of sp³-hybridized carbons (Fsp3) is 0.346. The first-order valence-electron chi connectivity index (χ1n) is 11.6. The van der Waals surface area contributed by atoms with Crippen molar-refractivity contribution in [2.45, 2.75) is 40.0 Å². The third-order valence-electron chi connectivity index (χ3n) is 5.06. The highest BCUT2D eigenvalue weighted by atomic mass is 79.9. The van der Waals surface area contributed by atoms with Crippen LogP contribution in [0.15, 0.2) is 46.4 Å². The number of barbiturate groups is 1. The summed E-state index contributed by atoms with van der Waals surface area (Å²) in [7, 11) is 0. The van der Waals surface area contributed by atoms with Crippen LogP contribution in [0.5, 0.6) is 17.2 Å². The standard InChI is InChI=1S/C26H29BrN2O6/c1-4-7-13-34-19-10-8-18(9-11-19)29-25(31)20(24(30)28-26(29)32)14-17-15-21(27)23(35-12-5-2)22(16-17)33-6-3/h8-11,14-16H,4-7,12-13H2,1-3H3,(H,28,30,32)/b20-14-. The van der Waals surface area contributed by atoms with E-state index in [0.29, 0.717) is 52.8 Å². The molecule has 1 fully saturated rings. The molecule has 4 amide bonds. The molecule has 1 aliphatic heterocycles. The topological polar surface area (TPSA) is 94.2 Å². The minimum absolute atomic E-state index is 0.176. The van der Waals surface area contributed by atoms with Crippen molar-refractivity contribution in [1.29, 1.82) is 0 Å². The number of halogens is 1. The maximum Gasteiger partial charge on any atom is 0.335 e. The van der Waals surface area contributed by atoms with E-state index >= 15 is 0 Å². The molecule has 0 aliphatic carbocycles. The first kappa shape index (κ1) is 26.3. The number of amides is 4. The van der Waals surface area contributed by atoms with Gasteiger partial charge in [-0.15, -0.1) is 0 Å². The van der Waals surface area contributed by atoms with Crippen molar-refractivity contribution in [3.05, 3.63) is 52.0 Å². The van der Waals surface area contributed by atoms with Crippen molar-refractivity contribution in [3.63, 3.8) is 0 Å². The number of hydrogen-bond donors (Lipinski definition) is 1. The summed E-state index contributed by atoms with van der Waals surface area (Å²) in [6.07, 6.45) is 4.20. The van der Waals surface area contributed by atoms with Gasteiger partial charge in [0.1, 0.15) is 11.3 Å². The van der Waals surface area contributed by atoms with Gasteiger partial charge < -0.3 is 14.2 Å². The summed E-state index contributed by atoms with van der Waals surface area (Å²) in [4.78, 5) is 39.2. The fourth-order valence-corrected chi connectivity index (χ4v) is 3.94. The number of imide groups is 2. The molecular formula is C26H29BrN2O6. The third-order valence-corrected chi connectivity index (χ3v) is 5.65. The molecule has 1 saturated heterocycles. The molecule has 3 rings (SSSR count). The average molecular weight is 545 g/mol. The van der Waals surface area contributed by atoms with E-state index in [-0.39, 0.29) is 5.57 Å². The Morgan fingerprint density at radius 3 is 2.34 bits per heavy atom. The molecule has 1 N–H and O–H groups in total. The Bertz CT molecular complexity index is 1110. The molecule has 0 saturated carbocycles. The molecule has 0 unspecified atom stereocenters. The van der Waals surface area contributed by atoms with Crippen molar-refractivity contribution < 1.29 is 28.6 Å². The smallest absolute Gasteiger partial charge is 0.335 e. The summed E-state index contributed by atoms with van der Waals surface area (Å²) >= 11 is 3.48. The molecular weight excluding hydrogens is 516 g/mol. The zero-order chi connectivity index (χ0) is 25.4. The molecule has 8 nitrogen and oxygen atoms in total. The summed E-state index contributed by atoms with van der Waals surface area (Å²) in [5.74, 6) is 0.179. The number of urea groups is 1. The van der Waals surface area contributed by atoms with Crippen molar-refractivity contribution in [2.24, 2.45) is 0 Å². The number of unbranched alkanes of at least 4 members (excludes halogenated alkanes) is 1. The number of nitrogens with one attached hydrogen (secondary N) is 1. The summed E-state index contributed by atoms with van der Waals surface area (Å²) in [5, 5.41) is 2.24. The zero-order valence-corrected chi connectivity index (χ0v) is 21.6. The Morgan fingerprint density at radius 1 is 0.943 bits per heavy atom. The van der Waals surface area contributed by atoms with E-state index in [1.54, 1.807) is 36.4 Å². The van der Waals surface area contributed by atoms with Gasteiger partial charge in [0, 0.05) is 0 Å². The summed E-state index contributed by atoms with van der Waals surface area (Å²) in [6, 6.07) is 9.19. The van der Waals surface area contributed by atoms with E-state index in [9.17, 15) is 14.4 Å². The molecule has 0 spiro atoms. The number of benzene rings is 2. The van der Waals surface area contributed by atoms with Gasteiger partial charge in [0.2, 0.25) is 0 Å². The normalized spacial score (nSPS) is 14.8. The number of carbonyl (C=O) groups is 3. The van der Waals surface area contributed by atoms with Gasteiger partial charge in [0.15, 0.2) is 11.5 Å². The fourth-order valence-electron chi connectivity index (χ4n) is 3.36. The maximum atomic E-state index is 13.2. The van der Waals surface area contributed by atoms with Crippen LogP contribution >= 0.6 is 15.9 Å². The first-order chi connectivity index (χ1) is 16.9. The lowest BCUT2D eigenvalue weighted by Crippen LogP contribution is -2.54. The van der Waals surface area contributed by atoms with Crippen molar-refractivity contribution in [3.8, 4) is 17.2 Å². The van der Waals surface area contributed by atoms with Crippen molar-refractivity contribution >= 4 is 45.5 Å². The molecule has 1 heterocycles. The Kier molecular flexibility index (Phi) is 9.31. The SMILES string of the molecule is CCCCOc1ccc(N2C(=O)NC(=O)/C(=C/c3cc(Br)c(OCCC)c(OCC)c3)C2=O)cc1. The number of nitrogens with zero attached hydrogens (tertiary/aromatic N) is 1. The van der Waals surface area contributed by atoms with Crippen LogP contribution in [0.25, 0.3) is 6.08 Å². The lowest BCUT2D eigenvalue weighted by atomic mass is 10.1. The van der Waals surface area contributed by atoms with Gasteiger partial charge in [-0.1, -0.05) is 20.3 Å². The second-order valence-electron chi connectivity index (χ2n) is 7.77. The van der Waals surface area contributed by atoms with Crippen LogP contribution in [0.3, 0.4) is 0 Å². The quantitative estimate of drug-likeness (QED) is 0.228. The van der Waals surface area contributed by atoms with E-state index in [1.165, 1.54) is 6.08 Å². The van der Waals surface area contributed by atoms with Crippen molar-refractivity contribution in [2.75, 3.05) is 24.7 Å². The lowest BCUT2D eigenvalue weighted by molar-refractivity contribution is -0.122. The monoisotopic (exact) mass is 544 g/mol. The molecule has 35 heavy (non-hydrogen) atoms. The van der Waals surface area contributed by atoms with Crippen LogP contribution in [-0.2, 0) is 9.59 Å².